The van der Waals surface area contributed by atoms with Crippen molar-refractivity contribution >= 4 is 29.1 Å². The molecule has 2 heterocycles. The summed E-state index contributed by atoms with van der Waals surface area (Å²) in [5.41, 5.74) is 4.19. The van der Waals surface area contributed by atoms with Gasteiger partial charge in [0, 0.05) is 22.8 Å². The Balaban J connectivity index is 1.46. The molecule has 0 fully saturated rings. The summed E-state index contributed by atoms with van der Waals surface area (Å²) in [6, 6.07) is 10.9. The minimum Gasteiger partial charge on any atom is -0.454 e. The smallest absolute Gasteiger partial charge is 0.231 e. The van der Waals surface area contributed by atoms with Gasteiger partial charge < -0.3 is 14.8 Å². The average Bonchev–Trinajstić information content (AvgIpc) is 3.26. The van der Waals surface area contributed by atoms with E-state index in [-0.39, 0.29) is 19.1 Å². The van der Waals surface area contributed by atoms with E-state index in [1.54, 1.807) is 16.8 Å². The van der Waals surface area contributed by atoms with Crippen molar-refractivity contribution in [1.29, 1.82) is 0 Å². The standard InChI is InChI=1S/C21H19Cl2N3O3/c1-12-16(13(2)26(25-12)18-5-4-15(22)8-17(18)23)9-21(27)24-10-14-3-6-19-20(7-14)29-11-28-19/h3-8H,9-11H2,1-2H3,(H,24,27). The number of carbonyl (C=O) groups is 1. The van der Waals surface area contributed by atoms with E-state index in [2.05, 4.69) is 10.4 Å². The van der Waals surface area contributed by atoms with Crippen LogP contribution in [0.2, 0.25) is 10.0 Å². The zero-order chi connectivity index (χ0) is 20.5. The number of rotatable bonds is 5. The van der Waals surface area contributed by atoms with Crippen molar-refractivity contribution in [3.8, 4) is 17.2 Å². The summed E-state index contributed by atoms with van der Waals surface area (Å²) in [5.74, 6) is 1.33. The molecule has 4 rings (SSSR count). The summed E-state index contributed by atoms with van der Waals surface area (Å²) in [5, 5.41) is 8.57. The first kappa shape index (κ1) is 19.6. The fraction of sp³-hybridized carbons (Fsp3) is 0.238. The molecular formula is C21H19Cl2N3O3. The topological polar surface area (TPSA) is 65.4 Å². The number of halogens is 2. The van der Waals surface area contributed by atoms with Crippen LogP contribution in [0.4, 0.5) is 0 Å². The summed E-state index contributed by atoms with van der Waals surface area (Å²) in [6.45, 7) is 4.44. The van der Waals surface area contributed by atoms with E-state index in [1.165, 1.54) is 0 Å². The van der Waals surface area contributed by atoms with E-state index in [4.69, 9.17) is 32.7 Å². The van der Waals surface area contributed by atoms with E-state index in [0.29, 0.717) is 22.3 Å². The van der Waals surface area contributed by atoms with Crippen molar-refractivity contribution in [3.63, 3.8) is 0 Å². The second kappa shape index (κ2) is 7.97. The quantitative estimate of drug-likeness (QED) is 0.650. The number of amides is 1. The highest BCUT2D eigenvalue weighted by atomic mass is 35.5. The number of hydrogen-bond donors (Lipinski definition) is 1. The number of fused-ring (bicyclic) bond motifs is 1. The largest absolute Gasteiger partial charge is 0.454 e. The number of hydrogen-bond acceptors (Lipinski definition) is 4. The molecule has 6 nitrogen and oxygen atoms in total. The van der Waals surface area contributed by atoms with E-state index in [1.807, 2.05) is 38.1 Å². The second-order valence-electron chi connectivity index (χ2n) is 6.80. The molecule has 1 aliphatic rings. The van der Waals surface area contributed by atoms with Gasteiger partial charge in [-0.3, -0.25) is 4.79 Å². The molecule has 0 bridgehead atoms. The maximum Gasteiger partial charge on any atom is 0.231 e. The molecule has 150 valence electrons. The number of ether oxygens (including phenoxy) is 2. The van der Waals surface area contributed by atoms with Gasteiger partial charge in [0.1, 0.15) is 0 Å². The molecule has 1 amide bonds. The Kier molecular flexibility index (Phi) is 5.39. The molecule has 0 spiro atoms. The Morgan fingerprint density at radius 1 is 1.14 bits per heavy atom. The zero-order valence-corrected chi connectivity index (χ0v) is 17.5. The van der Waals surface area contributed by atoms with Gasteiger partial charge in [0.05, 0.1) is 22.8 Å². The highest BCUT2D eigenvalue weighted by Crippen LogP contribution is 2.32. The predicted octanol–water partition coefficient (Wildman–Crippen LogP) is 4.38. The van der Waals surface area contributed by atoms with Crippen LogP contribution in [0.3, 0.4) is 0 Å². The Morgan fingerprint density at radius 3 is 2.72 bits per heavy atom. The molecule has 0 saturated carbocycles. The number of carbonyl (C=O) groups excluding carboxylic acids is 1. The fourth-order valence-electron chi connectivity index (χ4n) is 3.29. The number of aryl methyl sites for hydroxylation is 1. The van der Waals surface area contributed by atoms with Crippen molar-refractivity contribution in [3.05, 3.63) is 69.0 Å². The van der Waals surface area contributed by atoms with Crippen molar-refractivity contribution in [2.45, 2.75) is 26.8 Å². The van der Waals surface area contributed by atoms with Crippen LogP contribution in [0.15, 0.2) is 36.4 Å². The SMILES string of the molecule is Cc1nn(-c2ccc(Cl)cc2Cl)c(C)c1CC(=O)NCc1ccc2c(c1)OCO2. The molecule has 0 atom stereocenters. The first-order chi connectivity index (χ1) is 13.9. The van der Waals surface area contributed by atoms with Gasteiger partial charge in [0.25, 0.3) is 0 Å². The van der Waals surface area contributed by atoms with Gasteiger partial charge >= 0.3 is 0 Å². The highest BCUT2D eigenvalue weighted by molar-refractivity contribution is 6.35. The number of benzene rings is 2. The van der Waals surface area contributed by atoms with Gasteiger partial charge in [-0.05, 0) is 49.7 Å². The van der Waals surface area contributed by atoms with Crippen LogP contribution in [-0.4, -0.2) is 22.5 Å². The molecule has 0 radical (unpaired) electrons. The first-order valence-corrected chi connectivity index (χ1v) is 9.83. The van der Waals surface area contributed by atoms with Crippen molar-refractivity contribution in [2.24, 2.45) is 0 Å². The number of nitrogens with one attached hydrogen (secondary N) is 1. The molecule has 1 aliphatic heterocycles. The maximum absolute atomic E-state index is 12.5. The van der Waals surface area contributed by atoms with E-state index in [9.17, 15) is 4.79 Å². The lowest BCUT2D eigenvalue weighted by Crippen LogP contribution is -2.25. The number of aromatic nitrogens is 2. The Labute approximate surface area is 178 Å². The Hall–Kier alpha value is -2.70. The van der Waals surface area contributed by atoms with Crippen molar-refractivity contribution in [2.75, 3.05) is 6.79 Å². The van der Waals surface area contributed by atoms with E-state index < -0.39 is 0 Å². The Morgan fingerprint density at radius 2 is 1.93 bits per heavy atom. The predicted molar refractivity (Wildman–Crippen MR) is 111 cm³/mol. The average molecular weight is 432 g/mol. The third-order valence-corrected chi connectivity index (χ3v) is 5.38. The molecule has 1 N–H and O–H groups in total. The third kappa shape index (κ3) is 4.04. The van der Waals surface area contributed by atoms with Crippen LogP contribution < -0.4 is 14.8 Å². The lowest BCUT2D eigenvalue weighted by atomic mass is 10.1. The van der Waals surface area contributed by atoms with Crippen LogP contribution in [0.1, 0.15) is 22.5 Å². The summed E-state index contributed by atoms with van der Waals surface area (Å²) < 4.78 is 12.4. The normalized spacial score (nSPS) is 12.3. The van der Waals surface area contributed by atoms with Crippen molar-refractivity contribution in [1.82, 2.24) is 15.1 Å². The van der Waals surface area contributed by atoms with E-state index in [0.717, 1.165) is 34.0 Å². The third-order valence-electron chi connectivity index (χ3n) is 4.84. The van der Waals surface area contributed by atoms with Gasteiger partial charge in [-0.25, -0.2) is 4.68 Å². The molecule has 3 aromatic rings. The zero-order valence-electron chi connectivity index (χ0n) is 16.0. The summed E-state index contributed by atoms with van der Waals surface area (Å²) >= 11 is 12.3. The van der Waals surface area contributed by atoms with Crippen LogP contribution in [0.5, 0.6) is 11.5 Å². The first-order valence-electron chi connectivity index (χ1n) is 9.08. The molecular weight excluding hydrogens is 413 g/mol. The molecule has 8 heteroatoms. The molecule has 2 aromatic carbocycles. The van der Waals surface area contributed by atoms with Crippen LogP contribution >= 0.6 is 23.2 Å². The number of nitrogens with zero attached hydrogens (tertiary/aromatic N) is 2. The minimum absolute atomic E-state index is 0.0874. The van der Waals surface area contributed by atoms with Gasteiger partial charge in [-0.2, -0.15) is 5.10 Å². The molecule has 29 heavy (non-hydrogen) atoms. The molecule has 1 aromatic heterocycles. The monoisotopic (exact) mass is 431 g/mol. The van der Waals surface area contributed by atoms with Gasteiger partial charge in [0.2, 0.25) is 12.7 Å². The Bertz CT molecular complexity index is 1100. The van der Waals surface area contributed by atoms with Gasteiger partial charge in [-0.15, -0.1) is 0 Å². The molecule has 0 aliphatic carbocycles. The maximum atomic E-state index is 12.5. The summed E-state index contributed by atoms with van der Waals surface area (Å²) in [6.07, 6.45) is 0.230. The second-order valence-corrected chi connectivity index (χ2v) is 7.64. The van der Waals surface area contributed by atoms with Crippen LogP contribution in [0.25, 0.3) is 5.69 Å². The fourth-order valence-corrected chi connectivity index (χ4v) is 3.78. The lowest BCUT2D eigenvalue weighted by molar-refractivity contribution is -0.120. The molecule has 0 saturated heterocycles. The van der Waals surface area contributed by atoms with E-state index >= 15 is 0 Å². The van der Waals surface area contributed by atoms with Crippen molar-refractivity contribution < 1.29 is 14.3 Å². The van der Waals surface area contributed by atoms with Gasteiger partial charge in [0.15, 0.2) is 11.5 Å². The minimum atomic E-state index is -0.0874. The van der Waals surface area contributed by atoms with Gasteiger partial charge in [-0.1, -0.05) is 29.3 Å². The summed E-state index contributed by atoms with van der Waals surface area (Å²) in [4.78, 5) is 12.5. The van der Waals surface area contributed by atoms with Crippen LogP contribution in [-0.2, 0) is 17.8 Å². The highest BCUT2D eigenvalue weighted by Gasteiger charge is 2.18. The summed E-state index contributed by atoms with van der Waals surface area (Å²) in [7, 11) is 0. The van der Waals surface area contributed by atoms with Crippen LogP contribution in [0, 0.1) is 13.8 Å². The lowest BCUT2D eigenvalue weighted by Gasteiger charge is -2.09. The molecule has 0 unspecified atom stereocenters.